The van der Waals surface area contributed by atoms with Crippen molar-refractivity contribution in [2.24, 2.45) is 0 Å². The van der Waals surface area contributed by atoms with Crippen molar-refractivity contribution in [1.82, 2.24) is 0 Å². The molecule has 0 fully saturated rings. The molecular weight excluding hydrogens is 396 g/mol. The molecule has 3 heteroatoms. The van der Waals surface area contributed by atoms with E-state index in [1.807, 2.05) is 42.5 Å². The van der Waals surface area contributed by atoms with Crippen LogP contribution in [0.15, 0.2) is 96.6 Å². The molecule has 0 saturated heterocycles. The highest BCUT2D eigenvalue weighted by Crippen LogP contribution is 2.47. The molecular formula is C29H22O3. The van der Waals surface area contributed by atoms with E-state index < -0.39 is 5.79 Å². The molecule has 0 radical (unpaired) electrons. The molecule has 0 amide bonds. The molecule has 0 saturated carbocycles. The van der Waals surface area contributed by atoms with E-state index in [2.05, 4.69) is 61.5 Å². The Bertz CT molecular complexity index is 1420. The lowest BCUT2D eigenvalue weighted by Crippen LogP contribution is -2.45. The van der Waals surface area contributed by atoms with Gasteiger partial charge in [-0.3, -0.25) is 0 Å². The summed E-state index contributed by atoms with van der Waals surface area (Å²) in [4.78, 5) is 0. The van der Waals surface area contributed by atoms with Crippen molar-refractivity contribution in [3.63, 3.8) is 0 Å². The van der Waals surface area contributed by atoms with Crippen LogP contribution in [0.1, 0.15) is 23.6 Å². The molecule has 2 heterocycles. The predicted octanol–water partition coefficient (Wildman–Crippen LogP) is 6.86. The van der Waals surface area contributed by atoms with E-state index in [9.17, 15) is 0 Å². The number of benzene rings is 4. The van der Waals surface area contributed by atoms with Gasteiger partial charge in [0.15, 0.2) is 0 Å². The summed E-state index contributed by atoms with van der Waals surface area (Å²) in [6.07, 6.45) is 4.28. The monoisotopic (exact) mass is 418 g/mol. The summed E-state index contributed by atoms with van der Waals surface area (Å²) in [6.45, 7) is 2.06. The first-order valence-corrected chi connectivity index (χ1v) is 10.7. The van der Waals surface area contributed by atoms with Gasteiger partial charge in [-0.2, -0.15) is 0 Å². The smallest absolute Gasteiger partial charge is 0.295 e. The van der Waals surface area contributed by atoms with Gasteiger partial charge in [0.05, 0.1) is 7.11 Å². The van der Waals surface area contributed by atoms with E-state index in [1.54, 1.807) is 7.11 Å². The summed E-state index contributed by atoms with van der Waals surface area (Å²) in [7, 11) is 1.66. The summed E-state index contributed by atoms with van der Waals surface area (Å²) in [5, 5.41) is 2.36. The average molecular weight is 418 g/mol. The highest BCUT2D eigenvalue weighted by Gasteiger charge is 2.43. The average Bonchev–Trinajstić information content (AvgIpc) is 2.84. The molecule has 4 aromatic carbocycles. The van der Waals surface area contributed by atoms with Crippen molar-refractivity contribution >= 4 is 22.4 Å². The van der Waals surface area contributed by atoms with E-state index in [0.717, 1.165) is 45.1 Å². The summed E-state index contributed by atoms with van der Waals surface area (Å²) >= 11 is 0. The molecule has 1 unspecified atom stereocenters. The van der Waals surface area contributed by atoms with Gasteiger partial charge in [0, 0.05) is 28.8 Å². The summed E-state index contributed by atoms with van der Waals surface area (Å²) < 4.78 is 18.7. The Morgan fingerprint density at radius 3 is 2.41 bits per heavy atom. The topological polar surface area (TPSA) is 27.7 Å². The zero-order valence-corrected chi connectivity index (χ0v) is 18.0. The second kappa shape index (κ2) is 7.03. The van der Waals surface area contributed by atoms with Gasteiger partial charge in [-0.1, -0.05) is 60.7 Å². The van der Waals surface area contributed by atoms with Gasteiger partial charge in [-0.15, -0.1) is 0 Å². The minimum absolute atomic E-state index is 0.739. The van der Waals surface area contributed by atoms with Gasteiger partial charge in [0.25, 0.3) is 5.79 Å². The first kappa shape index (κ1) is 18.8. The maximum atomic E-state index is 6.66. The van der Waals surface area contributed by atoms with Gasteiger partial charge in [-0.25, -0.2) is 0 Å². The molecule has 6 rings (SSSR count). The second-order valence-electron chi connectivity index (χ2n) is 8.18. The fourth-order valence-electron chi connectivity index (χ4n) is 4.57. The first-order chi connectivity index (χ1) is 15.7. The molecule has 0 aromatic heterocycles. The van der Waals surface area contributed by atoms with Crippen molar-refractivity contribution in [3.8, 4) is 17.2 Å². The second-order valence-corrected chi connectivity index (χ2v) is 8.18. The Labute approximate surface area is 187 Å². The van der Waals surface area contributed by atoms with Crippen molar-refractivity contribution in [2.45, 2.75) is 12.7 Å². The molecule has 156 valence electrons. The molecule has 2 aliphatic rings. The fourth-order valence-corrected chi connectivity index (χ4v) is 4.57. The largest absolute Gasteiger partial charge is 0.497 e. The van der Waals surface area contributed by atoms with Crippen LogP contribution in [0.2, 0.25) is 0 Å². The van der Waals surface area contributed by atoms with E-state index in [1.165, 1.54) is 10.8 Å². The van der Waals surface area contributed by atoms with Crippen molar-refractivity contribution < 1.29 is 14.2 Å². The molecule has 2 aliphatic heterocycles. The SMILES string of the molecule is COc1ccc2c(c1)OC1(C=C2c2ccccc2)Oc2ccc3ccccc3c2C=C1C. The summed E-state index contributed by atoms with van der Waals surface area (Å²) in [5.41, 5.74) is 5.28. The van der Waals surface area contributed by atoms with Crippen LogP contribution in [0, 0.1) is 0 Å². The standard InChI is InChI=1S/C29H22O3/c1-19-16-25-23-11-7-6-10-21(23)12-15-27(25)31-29(19)18-26(20-8-4-3-5-9-20)24-14-13-22(30-2)17-28(24)32-29/h3-18H,1-2H3. The minimum Gasteiger partial charge on any atom is -0.497 e. The Morgan fingerprint density at radius 1 is 0.781 bits per heavy atom. The van der Waals surface area contributed by atoms with Crippen molar-refractivity contribution in [2.75, 3.05) is 7.11 Å². The van der Waals surface area contributed by atoms with Crippen LogP contribution in [0.5, 0.6) is 17.2 Å². The van der Waals surface area contributed by atoms with Crippen LogP contribution in [0.4, 0.5) is 0 Å². The number of rotatable bonds is 2. The molecule has 1 atom stereocenters. The van der Waals surface area contributed by atoms with E-state index in [-0.39, 0.29) is 0 Å². The van der Waals surface area contributed by atoms with Crippen LogP contribution < -0.4 is 14.2 Å². The van der Waals surface area contributed by atoms with Crippen LogP contribution in [-0.4, -0.2) is 12.9 Å². The van der Waals surface area contributed by atoms with E-state index >= 15 is 0 Å². The zero-order valence-electron chi connectivity index (χ0n) is 18.0. The molecule has 3 nitrogen and oxygen atoms in total. The number of hydrogen-bond acceptors (Lipinski definition) is 3. The number of ether oxygens (including phenoxy) is 3. The molecule has 0 bridgehead atoms. The third-order valence-corrected chi connectivity index (χ3v) is 6.26. The highest BCUT2D eigenvalue weighted by molar-refractivity contribution is 5.95. The van der Waals surface area contributed by atoms with Crippen LogP contribution >= 0.6 is 0 Å². The van der Waals surface area contributed by atoms with Crippen molar-refractivity contribution in [3.05, 3.63) is 113 Å². The van der Waals surface area contributed by atoms with Gasteiger partial charge in [-0.05, 0) is 53.1 Å². The predicted molar refractivity (Wildman–Crippen MR) is 128 cm³/mol. The first-order valence-electron chi connectivity index (χ1n) is 10.7. The number of fused-ring (bicyclic) bond motifs is 4. The third kappa shape index (κ3) is 2.82. The maximum Gasteiger partial charge on any atom is 0.295 e. The van der Waals surface area contributed by atoms with Gasteiger partial charge in [0.2, 0.25) is 0 Å². The molecule has 0 N–H and O–H groups in total. The van der Waals surface area contributed by atoms with Gasteiger partial charge >= 0.3 is 0 Å². The maximum absolute atomic E-state index is 6.66. The number of methoxy groups -OCH3 is 1. The Balaban J connectivity index is 1.56. The van der Waals surface area contributed by atoms with E-state index in [0.29, 0.717) is 0 Å². The fraction of sp³-hybridized carbons (Fsp3) is 0.103. The van der Waals surface area contributed by atoms with Gasteiger partial charge in [0.1, 0.15) is 17.2 Å². The molecule has 0 aliphatic carbocycles. The zero-order chi connectivity index (χ0) is 21.7. The van der Waals surface area contributed by atoms with Crippen LogP contribution in [0.25, 0.3) is 22.4 Å². The van der Waals surface area contributed by atoms with Gasteiger partial charge < -0.3 is 14.2 Å². The lowest BCUT2D eigenvalue weighted by molar-refractivity contribution is -0.0415. The normalized spacial score (nSPS) is 18.7. The van der Waals surface area contributed by atoms with Crippen LogP contribution in [-0.2, 0) is 0 Å². The molecule has 32 heavy (non-hydrogen) atoms. The Morgan fingerprint density at radius 2 is 1.56 bits per heavy atom. The minimum atomic E-state index is -1.03. The summed E-state index contributed by atoms with van der Waals surface area (Å²) in [6, 6.07) is 28.8. The Hall–Kier alpha value is -3.98. The molecule has 4 aromatic rings. The Kier molecular flexibility index (Phi) is 4.12. The van der Waals surface area contributed by atoms with E-state index in [4.69, 9.17) is 14.2 Å². The van der Waals surface area contributed by atoms with Crippen molar-refractivity contribution in [1.29, 1.82) is 0 Å². The summed E-state index contributed by atoms with van der Waals surface area (Å²) in [5.74, 6) is 1.27. The van der Waals surface area contributed by atoms with Crippen LogP contribution in [0.3, 0.4) is 0 Å². The highest BCUT2D eigenvalue weighted by atomic mass is 16.7. The number of hydrogen-bond donors (Lipinski definition) is 0. The third-order valence-electron chi connectivity index (χ3n) is 6.26. The lowest BCUT2D eigenvalue weighted by Gasteiger charge is -2.40. The quantitative estimate of drug-likeness (QED) is 0.356. The lowest BCUT2D eigenvalue weighted by atomic mass is 9.88. The molecule has 1 spiro atoms.